The van der Waals surface area contributed by atoms with Gasteiger partial charge in [0.2, 0.25) is 0 Å². The van der Waals surface area contributed by atoms with Crippen LogP contribution in [-0.4, -0.2) is 48.0 Å². The second kappa shape index (κ2) is 9.00. The van der Waals surface area contributed by atoms with Crippen LogP contribution in [0.2, 0.25) is 0 Å². The summed E-state index contributed by atoms with van der Waals surface area (Å²) in [6.45, 7) is 13.2. The quantitative estimate of drug-likeness (QED) is 0.494. The summed E-state index contributed by atoms with van der Waals surface area (Å²) < 4.78 is 0. The summed E-state index contributed by atoms with van der Waals surface area (Å²) in [5, 5.41) is 0. The first-order valence-corrected chi connectivity index (χ1v) is 7.91. The molecular weight excluding hydrogens is 234 g/mol. The molecule has 0 aromatic carbocycles. The van der Waals surface area contributed by atoms with Crippen molar-refractivity contribution in [3.8, 4) is 0 Å². The third kappa shape index (κ3) is 5.66. The van der Waals surface area contributed by atoms with Gasteiger partial charge in [0, 0.05) is 32.2 Å². The monoisotopic (exact) mass is 265 g/mol. The van der Waals surface area contributed by atoms with E-state index in [0.29, 0.717) is 6.04 Å². The highest BCUT2D eigenvalue weighted by molar-refractivity contribution is 5.82. The lowest BCUT2D eigenvalue weighted by Crippen LogP contribution is -2.35. The molecule has 1 heterocycles. The Morgan fingerprint density at radius 2 is 1.84 bits per heavy atom. The number of rotatable bonds is 8. The van der Waals surface area contributed by atoms with Gasteiger partial charge in [0.15, 0.2) is 5.96 Å². The van der Waals surface area contributed by atoms with Crippen LogP contribution in [0.1, 0.15) is 53.4 Å². The Hall–Kier alpha value is -0.990. The Morgan fingerprint density at radius 1 is 1.11 bits per heavy atom. The Bertz CT molecular complexity index is 294. The zero-order valence-electron chi connectivity index (χ0n) is 13.2. The Kier molecular flexibility index (Phi) is 7.61. The lowest BCUT2D eigenvalue weighted by Gasteiger charge is -2.23. The third-order valence-corrected chi connectivity index (χ3v) is 3.34. The van der Waals surface area contributed by atoms with Crippen LogP contribution in [0.15, 0.2) is 17.1 Å². The largest absolute Gasteiger partial charge is 0.341 e. The first kappa shape index (κ1) is 16.1. The molecule has 0 N–H and O–H groups in total. The van der Waals surface area contributed by atoms with E-state index in [9.17, 15) is 0 Å². The van der Waals surface area contributed by atoms with Crippen molar-refractivity contribution in [3.63, 3.8) is 0 Å². The van der Waals surface area contributed by atoms with Gasteiger partial charge in [-0.3, -0.25) is 4.99 Å². The van der Waals surface area contributed by atoms with Crippen LogP contribution < -0.4 is 0 Å². The summed E-state index contributed by atoms with van der Waals surface area (Å²) in [5.41, 5.74) is 0. The molecule has 1 rings (SSSR count). The number of hydrogen-bond acceptors (Lipinski definition) is 1. The highest BCUT2D eigenvalue weighted by Crippen LogP contribution is 2.12. The van der Waals surface area contributed by atoms with Crippen LogP contribution in [0.4, 0.5) is 0 Å². The zero-order valence-corrected chi connectivity index (χ0v) is 13.2. The molecule has 0 amide bonds. The van der Waals surface area contributed by atoms with Crippen molar-refractivity contribution < 1.29 is 0 Å². The van der Waals surface area contributed by atoms with Crippen LogP contribution in [0.3, 0.4) is 0 Å². The number of nitrogens with zero attached hydrogens (tertiary/aromatic N) is 3. The van der Waals surface area contributed by atoms with E-state index < -0.39 is 0 Å². The summed E-state index contributed by atoms with van der Waals surface area (Å²) >= 11 is 0. The van der Waals surface area contributed by atoms with E-state index in [1.807, 2.05) is 0 Å². The first-order chi connectivity index (χ1) is 9.19. The molecule has 0 saturated carbocycles. The van der Waals surface area contributed by atoms with Crippen molar-refractivity contribution in [1.29, 1.82) is 0 Å². The van der Waals surface area contributed by atoms with E-state index in [1.165, 1.54) is 25.2 Å². The molecule has 0 atom stereocenters. The minimum absolute atomic E-state index is 0.374. The van der Waals surface area contributed by atoms with Crippen molar-refractivity contribution >= 4 is 5.96 Å². The minimum atomic E-state index is 0.374. The zero-order chi connectivity index (χ0) is 14.1. The predicted molar refractivity (Wildman–Crippen MR) is 84.7 cm³/mol. The molecule has 1 aliphatic rings. The Balaban J connectivity index is 2.60. The lowest BCUT2D eigenvalue weighted by atomic mass is 10.2. The van der Waals surface area contributed by atoms with E-state index in [2.05, 4.69) is 49.6 Å². The maximum Gasteiger partial charge on any atom is 0.197 e. The van der Waals surface area contributed by atoms with Crippen LogP contribution in [0.25, 0.3) is 0 Å². The molecule has 0 bridgehead atoms. The molecule has 19 heavy (non-hydrogen) atoms. The molecule has 1 fully saturated rings. The van der Waals surface area contributed by atoms with Crippen LogP contribution in [0.5, 0.6) is 0 Å². The molecule has 110 valence electrons. The summed E-state index contributed by atoms with van der Waals surface area (Å²) in [6.07, 6.45) is 9.52. The van der Waals surface area contributed by atoms with Crippen molar-refractivity contribution in [2.45, 2.75) is 59.4 Å². The van der Waals surface area contributed by atoms with E-state index in [0.717, 1.165) is 32.6 Å². The van der Waals surface area contributed by atoms with Crippen molar-refractivity contribution in [1.82, 2.24) is 9.80 Å². The molecule has 1 aliphatic heterocycles. The maximum atomic E-state index is 4.83. The number of unbranched alkanes of at least 4 members (excludes halogenated alkanes) is 2. The molecule has 1 saturated heterocycles. The third-order valence-electron chi connectivity index (χ3n) is 3.34. The summed E-state index contributed by atoms with van der Waals surface area (Å²) in [5.74, 6) is 1.21. The summed E-state index contributed by atoms with van der Waals surface area (Å²) in [7, 11) is 0. The van der Waals surface area contributed by atoms with Gasteiger partial charge in [-0.2, -0.15) is 0 Å². The SMILES string of the molecule is CC/C=C/CN1CCN(CCCCC)/C1=N\C(C)C. The standard InChI is InChI=1S/C16H31N3/c1-5-7-9-11-18-13-14-19(12-10-8-6-2)16(18)17-15(3)4/h7,9,15H,5-6,8,10-14H2,1-4H3/b9-7+,17-16-. The average molecular weight is 265 g/mol. The Labute approximate surface area is 119 Å². The van der Waals surface area contributed by atoms with Crippen LogP contribution in [0, 0.1) is 0 Å². The van der Waals surface area contributed by atoms with Crippen molar-refractivity contribution in [2.75, 3.05) is 26.2 Å². The predicted octanol–water partition coefficient (Wildman–Crippen LogP) is 3.52. The van der Waals surface area contributed by atoms with Crippen LogP contribution in [-0.2, 0) is 0 Å². The molecule has 0 radical (unpaired) electrons. The smallest absolute Gasteiger partial charge is 0.197 e. The number of aliphatic imine (C=N–C) groups is 1. The fraction of sp³-hybridized carbons (Fsp3) is 0.812. The minimum Gasteiger partial charge on any atom is -0.341 e. The first-order valence-electron chi connectivity index (χ1n) is 7.91. The fourth-order valence-corrected chi connectivity index (χ4v) is 2.34. The second-order valence-corrected chi connectivity index (χ2v) is 5.54. The molecule has 0 aliphatic carbocycles. The topological polar surface area (TPSA) is 18.8 Å². The number of guanidine groups is 1. The van der Waals surface area contributed by atoms with E-state index in [1.54, 1.807) is 0 Å². The van der Waals surface area contributed by atoms with Gasteiger partial charge in [-0.25, -0.2) is 0 Å². The molecule has 0 unspecified atom stereocenters. The van der Waals surface area contributed by atoms with Gasteiger partial charge in [-0.05, 0) is 26.7 Å². The van der Waals surface area contributed by atoms with Gasteiger partial charge in [-0.15, -0.1) is 0 Å². The summed E-state index contributed by atoms with van der Waals surface area (Å²) in [4.78, 5) is 9.71. The molecule has 0 aromatic heterocycles. The maximum absolute atomic E-state index is 4.83. The van der Waals surface area contributed by atoms with Crippen molar-refractivity contribution in [3.05, 3.63) is 12.2 Å². The van der Waals surface area contributed by atoms with E-state index in [4.69, 9.17) is 4.99 Å². The van der Waals surface area contributed by atoms with Gasteiger partial charge in [0.1, 0.15) is 0 Å². The number of hydrogen-bond donors (Lipinski definition) is 0. The van der Waals surface area contributed by atoms with E-state index in [-0.39, 0.29) is 0 Å². The van der Waals surface area contributed by atoms with Gasteiger partial charge < -0.3 is 9.80 Å². The second-order valence-electron chi connectivity index (χ2n) is 5.54. The Morgan fingerprint density at radius 3 is 2.47 bits per heavy atom. The molecule has 3 nitrogen and oxygen atoms in total. The summed E-state index contributed by atoms with van der Waals surface area (Å²) in [6, 6.07) is 0.374. The van der Waals surface area contributed by atoms with Gasteiger partial charge in [0.25, 0.3) is 0 Å². The lowest BCUT2D eigenvalue weighted by molar-refractivity contribution is 0.438. The van der Waals surface area contributed by atoms with Crippen molar-refractivity contribution in [2.24, 2.45) is 4.99 Å². The molecule has 0 aromatic rings. The highest BCUT2D eigenvalue weighted by Gasteiger charge is 2.25. The van der Waals surface area contributed by atoms with Gasteiger partial charge >= 0.3 is 0 Å². The molecule has 3 heteroatoms. The van der Waals surface area contributed by atoms with Crippen LogP contribution >= 0.6 is 0 Å². The highest BCUT2D eigenvalue weighted by atomic mass is 15.4. The normalized spacial score (nSPS) is 18.5. The molecule has 0 spiro atoms. The van der Waals surface area contributed by atoms with Gasteiger partial charge in [-0.1, -0.05) is 38.8 Å². The van der Waals surface area contributed by atoms with E-state index >= 15 is 0 Å². The number of allylic oxidation sites excluding steroid dienone is 1. The average Bonchev–Trinajstić information content (AvgIpc) is 2.73. The fourth-order valence-electron chi connectivity index (χ4n) is 2.34. The van der Waals surface area contributed by atoms with Gasteiger partial charge in [0.05, 0.1) is 0 Å². The molecular formula is C16H31N3.